The van der Waals surface area contributed by atoms with Gasteiger partial charge in [-0.3, -0.25) is 0 Å². The smallest absolute Gasteiger partial charge is 0.485 e. The molecule has 3 saturated heterocycles. The van der Waals surface area contributed by atoms with Crippen LogP contribution in [0.15, 0.2) is 24.3 Å². The Morgan fingerprint density at radius 2 is 1.56 bits per heavy atom. The molecule has 1 N–H and O–H groups in total. The van der Waals surface area contributed by atoms with Crippen molar-refractivity contribution in [3.8, 4) is 5.75 Å². The van der Waals surface area contributed by atoms with Gasteiger partial charge >= 0.3 is 7.12 Å². The zero-order valence-corrected chi connectivity index (χ0v) is 15.1. The zero-order chi connectivity index (χ0) is 17.8. The first-order valence-corrected chi connectivity index (χ1v) is 8.80. The van der Waals surface area contributed by atoms with Gasteiger partial charge in [-0.1, -0.05) is 12.1 Å². The lowest BCUT2D eigenvalue weighted by atomic mass is 9.79. The number of hydrogen-bond donors (Lipinski definition) is 1. The third-order valence-electron chi connectivity index (χ3n) is 5.67. The summed E-state index contributed by atoms with van der Waals surface area (Å²) >= 11 is 0. The average molecular weight is 348 g/mol. The van der Waals surface area contributed by atoms with E-state index < -0.39 is 6.10 Å². The Hall–Kier alpha value is -1.12. The third-order valence-corrected chi connectivity index (χ3v) is 5.67. The molecule has 3 fully saturated rings. The summed E-state index contributed by atoms with van der Waals surface area (Å²) in [5, 5.41) is 9.79. The molecule has 6 nitrogen and oxygen atoms in total. The molecule has 0 unspecified atom stereocenters. The lowest BCUT2D eigenvalue weighted by Gasteiger charge is -2.32. The highest BCUT2D eigenvalue weighted by molar-refractivity contribution is 6.62. The van der Waals surface area contributed by atoms with E-state index in [0.717, 1.165) is 11.2 Å². The van der Waals surface area contributed by atoms with Crippen molar-refractivity contribution in [2.75, 3.05) is 13.2 Å². The molecule has 0 aliphatic carbocycles. The maximum absolute atomic E-state index is 9.79. The Morgan fingerprint density at radius 3 is 2.20 bits per heavy atom. The van der Waals surface area contributed by atoms with Gasteiger partial charge in [0.25, 0.3) is 0 Å². The van der Waals surface area contributed by atoms with Crippen molar-refractivity contribution < 1.29 is 28.6 Å². The molecule has 0 saturated carbocycles. The fourth-order valence-corrected chi connectivity index (χ4v) is 3.40. The molecule has 1 aromatic rings. The standard InChI is InChI=1S/C18H25BO6/c1-17(2)18(3,4)25-19(24-17)11-5-7-12(8-6-11)23-14-10-22-15-13(20)9-21-16(14)15/h5-8,13-16,20H,9-10H2,1-4H3/t13-,14-,15+,16+/m1/s1. The molecule has 0 spiro atoms. The summed E-state index contributed by atoms with van der Waals surface area (Å²) in [5.41, 5.74) is 0.243. The van der Waals surface area contributed by atoms with Crippen LogP contribution in [0, 0.1) is 0 Å². The van der Waals surface area contributed by atoms with Crippen molar-refractivity contribution in [3.05, 3.63) is 24.3 Å². The molecule has 0 amide bonds. The van der Waals surface area contributed by atoms with E-state index in [1.165, 1.54) is 0 Å². The Labute approximate surface area is 148 Å². The molecule has 25 heavy (non-hydrogen) atoms. The molecule has 3 aliphatic rings. The van der Waals surface area contributed by atoms with Crippen LogP contribution in [0.25, 0.3) is 0 Å². The summed E-state index contributed by atoms with van der Waals surface area (Å²) in [6.07, 6.45) is -1.26. The van der Waals surface area contributed by atoms with Gasteiger partial charge in [0.15, 0.2) is 6.10 Å². The van der Waals surface area contributed by atoms with E-state index in [2.05, 4.69) is 0 Å². The quantitative estimate of drug-likeness (QED) is 0.819. The minimum Gasteiger partial charge on any atom is -0.485 e. The first-order valence-electron chi connectivity index (χ1n) is 8.80. The number of fused-ring (bicyclic) bond motifs is 1. The first kappa shape index (κ1) is 17.3. The third kappa shape index (κ3) is 2.98. The minimum atomic E-state index is -0.565. The Bertz CT molecular complexity index is 615. The van der Waals surface area contributed by atoms with Crippen LogP contribution in [0.1, 0.15) is 27.7 Å². The molecule has 7 heteroatoms. The van der Waals surface area contributed by atoms with Crippen LogP contribution in [0.5, 0.6) is 5.75 Å². The second-order valence-corrected chi connectivity index (χ2v) is 7.98. The van der Waals surface area contributed by atoms with Crippen LogP contribution < -0.4 is 10.2 Å². The van der Waals surface area contributed by atoms with Gasteiger partial charge in [0.1, 0.15) is 24.1 Å². The van der Waals surface area contributed by atoms with Crippen LogP contribution in [0.2, 0.25) is 0 Å². The molecular formula is C18H25BO6. The lowest BCUT2D eigenvalue weighted by Crippen LogP contribution is -2.41. The van der Waals surface area contributed by atoms with E-state index in [0.29, 0.717) is 13.2 Å². The molecule has 4 rings (SSSR count). The van der Waals surface area contributed by atoms with Crippen LogP contribution in [0.4, 0.5) is 0 Å². The second-order valence-electron chi connectivity index (χ2n) is 7.98. The number of ether oxygens (including phenoxy) is 3. The van der Waals surface area contributed by atoms with Crippen molar-refractivity contribution in [1.82, 2.24) is 0 Å². The summed E-state index contributed by atoms with van der Waals surface area (Å²) in [7, 11) is -0.383. The maximum atomic E-state index is 9.79. The molecule has 1 aromatic carbocycles. The van der Waals surface area contributed by atoms with E-state index >= 15 is 0 Å². The first-order chi connectivity index (χ1) is 11.8. The van der Waals surface area contributed by atoms with Gasteiger partial charge in [-0.25, -0.2) is 0 Å². The SMILES string of the molecule is CC1(C)OB(c2ccc(O[C@@H]3CO[C@@H]4[C@H]3OC[C@H]4O)cc2)OC1(C)C. The van der Waals surface area contributed by atoms with Gasteiger partial charge in [0, 0.05) is 0 Å². The van der Waals surface area contributed by atoms with Gasteiger partial charge in [0.05, 0.1) is 24.4 Å². The summed E-state index contributed by atoms with van der Waals surface area (Å²) in [5.74, 6) is 0.736. The van der Waals surface area contributed by atoms with Crippen LogP contribution in [-0.2, 0) is 18.8 Å². The number of hydrogen-bond acceptors (Lipinski definition) is 6. The monoisotopic (exact) mass is 348 g/mol. The van der Waals surface area contributed by atoms with E-state index in [1.54, 1.807) is 0 Å². The normalized spacial score (nSPS) is 35.8. The molecule has 3 heterocycles. The fourth-order valence-electron chi connectivity index (χ4n) is 3.40. The van der Waals surface area contributed by atoms with E-state index in [4.69, 9.17) is 23.5 Å². The molecule has 136 valence electrons. The van der Waals surface area contributed by atoms with Crippen molar-refractivity contribution >= 4 is 12.6 Å². The summed E-state index contributed by atoms with van der Waals surface area (Å²) in [6.45, 7) is 8.88. The highest BCUT2D eigenvalue weighted by Gasteiger charge is 2.52. The molecule has 0 radical (unpaired) electrons. The molecule has 0 aromatic heterocycles. The van der Waals surface area contributed by atoms with Crippen LogP contribution >= 0.6 is 0 Å². The van der Waals surface area contributed by atoms with E-state index in [1.807, 2.05) is 52.0 Å². The second kappa shape index (κ2) is 5.96. The molecule has 3 aliphatic heterocycles. The van der Waals surface area contributed by atoms with Gasteiger partial charge < -0.3 is 28.6 Å². The van der Waals surface area contributed by atoms with E-state index in [9.17, 15) is 5.11 Å². The Kier molecular flexibility index (Phi) is 4.13. The van der Waals surface area contributed by atoms with Gasteiger partial charge in [0.2, 0.25) is 0 Å². The van der Waals surface area contributed by atoms with Crippen molar-refractivity contribution in [3.63, 3.8) is 0 Å². The fraction of sp³-hybridized carbons (Fsp3) is 0.667. The predicted molar refractivity (Wildman–Crippen MR) is 92.1 cm³/mol. The van der Waals surface area contributed by atoms with Crippen LogP contribution in [-0.4, -0.2) is 61.1 Å². The topological polar surface area (TPSA) is 66.4 Å². The highest BCUT2D eigenvalue weighted by atomic mass is 16.7. The van der Waals surface area contributed by atoms with Gasteiger partial charge in [-0.05, 0) is 45.3 Å². The average Bonchev–Trinajstić information content (AvgIpc) is 3.16. The maximum Gasteiger partial charge on any atom is 0.494 e. The minimum absolute atomic E-state index is 0.204. The van der Waals surface area contributed by atoms with Crippen molar-refractivity contribution in [1.29, 1.82) is 0 Å². The largest absolute Gasteiger partial charge is 0.494 e. The molecular weight excluding hydrogens is 323 g/mol. The highest BCUT2D eigenvalue weighted by Crippen LogP contribution is 2.36. The van der Waals surface area contributed by atoms with E-state index in [-0.39, 0.29) is 36.6 Å². The number of rotatable bonds is 3. The number of aliphatic hydroxyl groups excluding tert-OH is 1. The predicted octanol–water partition coefficient (Wildman–Crippen LogP) is 0.892. The lowest BCUT2D eigenvalue weighted by molar-refractivity contribution is 0.00578. The zero-order valence-electron chi connectivity index (χ0n) is 15.1. The van der Waals surface area contributed by atoms with Gasteiger partial charge in [-0.15, -0.1) is 0 Å². The molecule has 4 atom stereocenters. The van der Waals surface area contributed by atoms with Gasteiger partial charge in [-0.2, -0.15) is 0 Å². The summed E-state index contributed by atoms with van der Waals surface area (Å²) in [4.78, 5) is 0. The van der Waals surface area contributed by atoms with Crippen molar-refractivity contribution in [2.24, 2.45) is 0 Å². The Balaban J connectivity index is 1.42. The number of benzene rings is 1. The Morgan fingerprint density at radius 1 is 0.960 bits per heavy atom. The van der Waals surface area contributed by atoms with Crippen molar-refractivity contribution in [2.45, 2.75) is 63.3 Å². The van der Waals surface area contributed by atoms with Crippen LogP contribution in [0.3, 0.4) is 0 Å². The summed E-state index contributed by atoms with van der Waals surface area (Å²) < 4.78 is 29.3. The summed E-state index contributed by atoms with van der Waals surface area (Å²) in [6, 6.07) is 7.71. The molecule has 0 bridgehead atoms. The number of aliphatic hydroxyl groups is 1.